The maximum absolute atomic E-state index is 11.4. The van der Waals surface area contributed by atoms with Crippen LogP contribution in [0.3, 0.4) is 0 Å². The predicted octanol–water partition coefficient (Wildman–Crippen LogP) is 1.82. The molecule has 0 aromatic heterocycles. The molecule has 4 heteroatoms. The van der Waals surface area contributed by atoms with E-state index in [2.05, 4.69) is 10.6 Å². The minimum Gasteiger partial charge on any atom is -0.284 e. The first-order valence-electron chi connectivity index (χ1n) is 4.64. The van der Waals surface area contributed by atoms with Gasteiger partial charge in [0.15, 0.2) is 0 Å². The molecule has 80 valence electrons. The summed E-state index contributed by atoms with van der Waals surface area (Å²) in [5, 5.41) is 0. The van der Waals surface area contributed by atoms with Crippen LogP contribution in [0, 0.1) is 12.3 Å². The molecule has 0 radical (unpaired) electrons. The van der Waals surface area contributed by atoms with Gasteiger partial charge in [-0.25, -0.2) is 8.42 Å². The second-order valence-corrected chi connectivity index (χ2v) is 4.99. The van der Waals surface area contributed by atoms with Crippen LogP contribution in [0.15, 0.2) is 24.3 Å². The largest absolute Gasteiger partial charge is 0.284 e. The van der Waals surface area contributed by atoms with Crippen LogP contribution in [-0.2, 0) is 10.0 Å². The molecular weight excluding hydrogens is 210 g/mol. The summed E-state index contributed by atoms with van der Waals surface area (Å²) in [6.07, 6.45) is 5.80. The minimum atomic E-state index is -3.23. The third kappa shape index (κ3) is 3.64. The lowest BCUT2D eigenvalue weighted by Gasteiger charge is -2.06. The van der Waals surface area contributed by atoms with E-state index in [0.717, 1.165) is 0 Å². The van der Waals surface area contributed by atoms with Gasteiger partial charge in [-0.2, -0.15) is 0 Å². The van der Waals surface area contributed by atoms with Gasteiger partial charge >= 0.3 is 0 Å². The number of benzene rings is 1. The molecule has 0 amide bonds. The van der Waals surface area contributed by atoms with Gasteiger partial charge in [0.2, 0.25) is 10.0 Å². The molecule has 0 aliphatic heterocycles. The van der Waals surface area contributed by atoms with Crippen molar-refractivity contribution >= 4 is 15.7 Å². The molecule has 1 rings (SSSR count). The van der Waals surface area contributed by atoms with Crippen LogP contribution >= 0.6 is 0 Å². The molecule has 1 aromatic carbocycles. The molecule has 0 fully saturated rings. The van der Waals surface area contributed by atoms with Gasteiger partial charge in [0, 0.05) is 11.3 Å². The smallest absolute Gasteiger partial charge is 0.232 e. The van der Waals surface area contributed by atoms with Gasteiger partial charge in [-0.1, -0.05) is 18.9 Å². The normalized spacial score (nSPS) is 10.7. The Hall–Kier alpha value is -1.47. The number of hydrogen-bond acceptors (Lipinski definition) is 2. The van der Waals surface area contributed by atoms with Gasteiger partial charge in [0.25, 0.3) is 0 Å². The topological polar surface area (TPSA) is 46.2 Å². The Labute approximate surface area is 90.6 Å². The number of rotatable bonds is 4. The molecule has 15 heavy (non-hydrogen) atoms. The lowest BCUT2D eigenvalue weighted by atomic mass is 10.2. The molecule has 0 atom stereocenters. The van der Waals surface area contributed by atoms with Gasteiger partial charge in [0.1, 0.15) is 0 Å². The van der Waals surface area contributed by atoms with Crippen LogP contribution in [0.1, 0.15) is 18.9 Å². The van der Waals surface area contributed by atoms with Crippen molar-refractivity contribution in [1.82, 2.24) is 0 Å². The van der Waals surface area contributed by atoms with Gasteiger partial charge in [0.05, 0.1) is 5.75 Å². The summed E-state index contributed by atoms with van der Waals surface area (Å²) in [7, 11) is -3.23. The third-order valence-electron chi connectivity index (χ3n) is 1.78. The number of hydrogen-bond donors (Lipinski definition) is 1. The van der Waals surface area contributed by atoms with E-state index in [9.17, 15) is 8.42 Å². The number of terminal acetylenes is 1. The lowest BCUT2D eigenvalue weighted by Crippen LogP contribution is -2.16. The highest BCUT2D eigenvalue weighted by molar-refractivity contribution is 7.92. The molecule has 1 aromatic rings. The van der Waals surface area contributed by atoms with Crippen molar-refractivity contribution in [1.29, 1.82) is 0 Å². The van der Waals surface area contributed by atoms with Crippen LogP contribution in [0.5, 0.6) is 0 Å². The summed E-state index contributed by atoms with van der Waals surface area (Å²) in [5.74, 6) is 2.57. The molecular formula is C11H13NO2S. The first kappa shape index (κ1) is 11.6. The summed E-state index contributed by atoms with van der Waals surface area (Å²) in [4.78, 5) is 0. The molecule has 0 bridgehead atoms. The summed E-state index contributed by atoms with van der Waals surface area (Å²) < 4.78 is 25.3. The van der Waals surface area contributed by atoms with E-state index >= 15 is 0 Å². The van der Waals surface area contributed by atoms with E-state index in [4.69, 9.17) is 6.42 Å². The fraction of sp³-hybridized carbons (Fsp3) is 0.273. The van der Waals surface area contributed by atoms with Crippen molar-refractivity contribution in [2.24, 2.45) is 0 Å². The lowest BCUT2D eigenvalue weighted by molar-refractivity contribution is 0.600. The molecule has 0 saturated carbocycles. The van der Waals surface area contributed by atoms with Crippen molar-refractivity contribution in [3.63, 3.8) is 0 Å². The quantitative estimate of drug-likeness (QED) is 0.791. The van der Waals surface area contributed by atoms with Crippen molar-refractivity contribution < 1.29 is 8.42 Å². The molecule has 0 saturated heterocycles. The Bertz CT molecular complexity index is 472. The average molecular weight is 223 g/mol. The van der Waals surface area contributed by atoms with Gasteiger partial charge in [-0.15, -0.1) is 6.42 Å². The van der Waals surface area contributed by atoms with Gasteiger partial charge in [-0.05, 0) is 24.6 Å². The number of anilines is 1. The highest BCUT2D eigenvalue weighted by atomic mass is 32.2. The van der Waals surface area contributed by atoms with E-state index in [1.165, 1.54) is 0 Å². The Morgan fingerprint density at radius 3 is 2.80 bits per heavy atom. The standard InChI is InChI=1S/C11H13NO2S/c1-3-8-15(13,14)12-11-7-5-6-10(4-2)9-11/h2,5-7,9,12H,3,8H2,1H3. The first-order valence-corrected chi connectivity index (χ1v) is 6.30. The predicted molar refractivity (Wildman–Crippen MR) is 62.1 cm³/mol. The van der Waals surface area contributed by atoms with Crippen LogP contribution in [-0.4, -0.2) is 14.2 Å². The maximum Gasteiger partial charge on any atom is 0.232 e. The summed E-state index contributed by atoms with van der Waals surface area (Å²) in [6.45, 7) is 1.82. The number of nitrogens with one attached hydrogen (secondary N) is 1. The van der Waals surface area contributed by atoms with Gasteiger partial charge in [-0.3, -0.25) is 4.72 Å². The van der Waals surface area contributed by atoms with Crippen LogP contribution in [0.4, 0.5) is 5.69 Å². The second kappa shape index (κ2) is 4.85. The number of sulfonamides is 1. The average Bonchev–Trinajstić information content (AvgIpc) is 2.17. The zero-order chi connectivity index (χ0) is 11.3. The van der Waals surface area contributed by atoms with E-state index in [0.29, 0.717) is 17.7 Å². The zero-order valence-corrected chi connectivity index (χ0v) is 9.34. The van der Waals surface area contributed by atoms with E-state index in [-0.39, 0.29) is 5.75 Å². The van der Waals surface area contributed by atoms with Crippen molar-refractivity contribution in [2.75, 3.05) is 10.5 Å². The van der Waals surface area contributed by atoms with Crippen molar-refractivity contribution in [3.05, 3.63) is 29.8 Å². The van der Waals surface area contributed by atoms with Crippen LogP contribution in [0.25, 0.3) is 0 Å². The monoisotopic (exact) mass is 223 g/mol. The Morgan fingerprint density at radius 2 is 2.20 bits per heavy atom. The molecule has 0 unspecified atom stereocenters. The Kier molecular flexibility index (Phi) is 3.75. The SMILES string of the molecule is C#Cc1cccc(NS(=O)(=O)CCC)c1. The summed E-state index contributed by atoms with van der Waals surface area (Å²) in [5.41, 5.74) is 1.17. The first-order chi connectivity index (χ1) is 7.07. The third-order valence-corrected chi connectivity index (χ3v) is 3.27. The molecule has 3 nitrogen and oxygen atoms in total. The molecule has 0 aliphatic carbocycles. The summed E-state index contributed by atoms with van der Waals surface area (Å²) >= 11 is 0. The fourth-order valence-corrected chi connectivity index (χ4v) is 2.30. The summed E-state index contributed by atoms with van der Waals surface area (Å²) in [6, 6.07) is 6.78. The maximum atomic E-state index is 11.4. The highest BCUT2D eigenvalue weighted by Gasteiger charge is 2.08. The Morgan fingerprint density at radius 1 is 1.47 bits per heavy atom. The second-order valence-electron chi connectivity index (χ2n) is 3.15. The molecule has 1 N–H and O–H groups in total. The highest BCUT2D eigenvalue weighted by Crippen LogP contribution is 2.11. The molecule has 0 heterocycles. The van der Waals surface area contributed by atoms with E-state index in [1.807, 2.05) is 6.92 Å². The Balaban J connectivity index is 2.86. The fourth-order valence-electron chi connectivity index (χ4n) is 1.17. The molecule has 0 aliphatic rings. The van der Waals surface area contributed by atoms with E-state index < -0.39 is 10.0 Å². The minimum absolute atomic E-state index is 0.118. The van der Waals surface area contributed by atoms with E-state index in [1.54, 1.807) is 24.3 Å². The van der Waals surface area contributed by atoms with Crippen LogP contribution < -0.4 is 4.72 Å². The van der Waals surface area contributed by atoms with Crippen LogP contribution in [0.2, 0.25) is 0 Å². The zero-order valence-electron chi connectivity index (χ0n) is 8.53. The van der Waals surface area contributed by atoms with Crippen molar-refractivity contribution in [3.8, 4) is 12.3 Å². The molecule has 0 spiro atoms. The van der Waals surface area contributed by atoms with Crippen molar-refractivity contribution in [2.45, 2.75) is 13.3 Å². The van der Waals surface area contributed by atoms with Gasteiger partial charge < -0.3 is 0 Å².